The molecule has 106 valence electrons. The molecule has 1 aromatic carbocycles. The minimum atomic E-state index is 0.385. The highest BCUT2D eigenvalue weighted by atomic mass is 127. The molecule has 0 aromatic heterocycles. The van der Waals surface area contributed by atoms with Crippen LogP contribution in [0.3, 0.4) is 0 Å². The second-order valence-corrected chi connectivity index (χ2v) is 6.57. The van der Waals surface area contributed by atoms with Gasteiger partial charge in [-0.15, -0.1) is 0 Å². The van der Waals surface area contributed by atoms with Crippen molar-refractivity contribution in [2.24, 2.45) is 0 Å². The Bertz CT molecular complexity index is 372. The smallest absolute Gasteiger partial charge is 0.119 e. The van der Waals surface area contributed by atoms with E-state index in [0.29, 0.717) is 12.2 Å². The van der Waals surface area contributed by atoms with Crippen LogP contribution in [0.2, 0.25) is 0 Å². The van der Waals surface area contributed by atoms with Crippen LogP contribution < -0.4 is 9.64 Å². The van der Waals surface area contributed by atoms with Crippen LogP contribution in [-0.2, 0) is 4.74 Å². The average molecular weight is 376 g/mol. The number of ether oxygens (including phenoxy) is 2. The van der Waals surface area contributed by atoms with Gasteiger partial charge in [0.05, 0.1) is 13.2 Å². The van der Waals surface area contributed by atoms with Crippen LogP contribution in [0.15, 0.2) is 24.3 Å². The summed E-state index contributed by atoms with van der Waals surface area (Å²) < 4.78 is 12.7. The van der Waals surface area contributed by atoms with Gasteiger partial charge in [0.25, 0.3) is 0 Å². The van der Waals surface area contributed by atoms with Crippen molar-refractivity contribution in [3.8, 4) is 5.75 Å². The zero-order chi connectivity index (χ0) is 13.7. The quantitative estimate of drug-likeness (QED) is 0.625. The summed E-state index contributed by atoms with van der Waals surface area (Å²) in [7, 11) is 0. The lowest BCUT2D eigenvalue weighted by Crippen LogP contribution is -3.15. The van der Waals surface area contributed by atoms with Gasteiger partial charge in [-0.1, -0.05) is 0 Å². The predicted molar refractivity (Wildman–Crippen MR) is 84.8 cm³/mol. The third-order valence-electron chi connectivity index (χ3n) is 3.37. The lowest BCUT2D eigenvalue weighted by molar-refractivity contribution is -0.915. The third-order valence-corrected chi connectivity index (χ3v) is 4.09. The maximum absolute atomic E-state index is 5.76. The minimum Gasteiger partial charge on any atom is -0.493 e. The first-order valence-corrected chi connectivity index (χ1v) is 8.09. The second kappa shape index (κ2) is 7.45. The number of benzene rings is 1. The van der Waals surface area contributed by atoms with E-state index < -0.39 is 0 Å². The molecule has 1 aromatic rings. The van der Waals surface area contributed by atoms with Crippen LogP contribution in [0.25, 0.3) is 0 Å². The zero-order valence-electron chi connectivity index (χ0n) is 11.7. The molecule has 2 rings (SSSR count). The van der Waals surface area contributed by atoms with Gasteiger partial charge in [0, 0.05) is 9.99 Å². The molecule has 1 heterocycles. The normalized spacial score (nSPS) is 27.2. The Kier molecular flexibility index (Phi) is 5.91. The van der Waals surface area contributed by atoms with Crippen molar-refractivity contribution in [1.29, 1.82) is 0 Å². The first-order valence-electron chi connectivity index (χ1n) is 7.01. The van der Waals surface area contributed by atoms with Crippen LogP contribution in [0, 0.1) is 3.57 Å². The highest BCUT2D eigenvalue weighted by molar-refractivity contribution is 14.1. The molecule has 1 aliphatic heterocycles. The highest BCUT2D eigenvalue weighted by Crippen LogP contribution is 2.13. The van der Waals surface area contributed by atoms with E-state index in [9.17, 15) is 0 Å². The van der Waals surface area contributed by atoms with E-state index in [-0.39, 0.29) is 0 Å². The van der Waals surface area contributed by atoms with Gasteiger partial charge in [0.15, 0.2) is 0 Å². The largest absolute Gasteiger partial charge is 0.493 e. The van der Waals surface area contributed by atoms with Crippen molar-refractivity contribution < 1.29 is 14.4 Å². The predicted octanol–water partition coefficient (Wildman–Crippen LogP) is 1.75. The Labute approximate surface area is 129 Å². The summed E-state index contributed by atoms with van der Waals surface area (Å²) in [5, 5.41) is 0. The van der Waals surface area contributed by atoms with Crippen molar-refractivity contribution in [3.63, 3.8) is 0 Å². The monoisotopic (exact) mass is 376 g/mol. The fourth-order valence-electron chi connectivity index (χ4n) is 2.64. The molecule has 1 N–H and O–H groups in total. The van der Waals surface area contributed by atoms with Crippen LogP contribution >= 0.6 is 22.6 Å². The maximum Gasteiger partial charge on any atom is 0.119 e. The first-order chi connectivity index (χ1) is 9.13. The van der Waals surface area contributed by atoms with Gasteiger partial charge in [-0.2, -0.15) is 0 Å². The summed E-state index contributed by atoms with van der Waals surface area (Å²) in [4.78, 5) is 1.64. The van der Waals surface area contributed by atoms with Crippen molar-refractivity contribution >= 4 is 22.6 Å². The number of nitrogens with one attached hydrogen (secondary N) is 1. The molecule has 3 nitrogen and oxygen atoms in total. The number of halogens is 1. The molecule has 1 saturated heterocycles. The Hall–Kier alpha value is -0.330. The highest BCUT2D eigenvalue weighted by Gasteiger charge is 2.24. The Balaban J connectivity index is 1.65. The van der Waals surface area contributed by atoms with Crippen LogP contribution in [0.1, 0.15) is 20.3 Å². The average Bonchev–Trinajstić information content (AvgIpc) is 2.36. The minimum absolute atomic E-state index is 0.385. The van der Waals surface area contributed by atoms with Crippen molar-refractivity contribution in [2.75, 3.05) is 26.2 Å². The molecule has 0 aliphatic carbocycles. The van der Waals surface area contributed by atoms with E-state index in [0.717, 1.165) is 31.9 Å². The zero-order valence-corrected chi connectivity index (χ0v) is 13.9. The molecule has 4 heteroatoms. The van der Waals surface area contributed by atoms with Crippen molar-refractivity contribution in [1.82, 2.24) is 0 Å². The van der Waals surface area contributed by atoms with Crippen molar-refractivity contribution in [3.05, 3.63) is 27.8 Å². The van der Waals surface area contributed by atoms with Gasteiger partial charge >= 0.3 is 0 Å². The van der Waals surface area contributed by atoms with E-state index >= 15 is 0 Å². The molecule has 0 radical (unpaired) electrons. The molecule has 1 aliphatic rings. The number of hydrogen-bond acceptors (Lipinski definition) is 2. The Morgan fingerprint density at radius 3 is 2.47 bits per heavy atom. The molecule has 19 heavy (non-hydrogen) atoms. The summed E-state index contributed by atoms with van der Waals surface area (Å²) in [5.74, 6) is 0.971. The molecule has 0 bridgehead atoms. The number of hydrogen-bond donors (Lipinski definition) is 1. The lowest BCUT2D eigenvalue weighted by Gasteiger charge is -2.32. The van der Waals surface area contributed by atoms with Crippen LogP contribution in [0.5, 0.6) is 5.75 Å². The SMILES string of the molecule is C[C@H]1C[NH+](CCCOc2ccc(I)cc2)C[C@H](C)O1. The van der Waals surface area contributed by atoms with Gasteiger partial charge < -0.3 is 14.4 Å². The molecule has 2 atom stereocenters. The van der Waals surface area contributed by atoms with E-state index in [1.54, 1.807) is 4.90 Å². The van der Waals surface area contributed by atoms with E-state index in [2.05, 4.69) is 48.6 Å². The van der Waals surface area contributed by atoms with Crippen molar-refractivity contribution in [2.45, 2.75) is 32.5 Å². The third kappa shape index (κ3) is 5.28. The van der Waals surface area contributed by atoms with Gasteiger partial charge in [0.2, 0.25) is 0 Å². The molecule has 0 amide bonds. The number of rotatable bonds is 5. The topological polar surface area (TPSA) is 22.9 Å². The number of morpholine rings is 1. The van der Waals surface area contributed by atoms with Gasteiger partial charge in [-0.25, -0.2) is 0 Å². The van der Waals surface area contributed by atoms with Gasteiger partial charge in [-0.3, -0.25) is 0 Å². The maximum atomic E-state index is 5.76. The van der Waals surface area contributed by atoms with Gasteiger partial charge in [-0.05, 0) is 60.7 Å². The molecule has 0 spiro atoms. The van der Waals surface area contributed by atoms with E-state index in [1.807, 2.05) is 12.1 Å². The summed E-state index contributed by atoms with van der Waals surface area (Å²) in [6.45, 7) is 8.54. The van der Waals surface area contributed by atoms with Gasteiger partial charge in [0.1, 0.15) is 31.0 Å². The fourth-order valence-corrected chi connectivity index (χ4v) is 3.00. The summed E-state index contributed by atoms with van der Waals surface area (Å²) in [5.41, 5.74) is 0. The summed E-state index contributed by atoms with van der Waals surface area (Å²) in [6, 6.07) is 8.22. The van der Waals surface area contributed by atoms with Crippen LogP contribution in [-0.4, -0.2) is 38.4 Å². The second-order valence-electron chi connectivity index (χ2n) is 5.32. The van der Waals surface area contributed by atoms with E-state index in [4.69, 9.17) is 9.47 Å². The van der Waals surface area contributed by atoms with Crippen LogP contribution in [0.4, 0.5) is 0 Å². The van der Waals surface area contributed by atoms with E-state index in [1.165, 1.54) is 10.1 Å². The Morgan fingerprint density at radius 1 is 1.21 bits per heavy atom. The lowest BCUT2D eigenvalue weighted by atomic mass is 10.2. The number of quaternary nitrogens is 1. The molecular formula is C15H23INO2+. The fraction of sp³-hybridized carbons (Fsp3) is 0.600. The Morgan fingerprint density at radius 2 is 1.84 bits per heavy atom. The molecule has 1 fully saturated rings. The summed E-state index contributed by atoms with van der Waals surface area (Å²) in [6.07, 6.45) is 1.87. The standard InChI is InChI=1S/C15H22INO2/c1-12-10-17(11-13(2)19-12)8-3-9-18-15-6-4-14(16)5-7-15/h4-7,12-13H,3,8-11H2,1-2H3/p+1/t12-,13-/m0/s1. The molecule has 0 saturated carbocycles. The first kappa shape index (κ1) is 15.1. The summed E-state index contributed by atoms with van der Waals surface area (Å²) >= 11 is 2.30. The molecular weight excluding hydrogens is 353 g/mol. The molecule has 0 unspecified atom stereocenters.